The average Bonchev–Trinajstić information content (AvgIpc) is 2.07. The predicted molar refractivity (Wildman–Crippen MR) is 36.1 cm³/mol. The van der Waals surface area contributed by atoms with Crippen molar-refractivity contribution in [1.29, 1.82) is 0 Å². The molecule has 0 saturated heterocycles. The zero-order chi connectivity index (χ0) is 8.04. The summed E-state index contributed by atoms with van der Waals surface area (Å²) in [7, 11) is -3.67. The summed E-state index contributed by atoms with van der Waals surface area (Å²) >= 11 is 0. The summed E-state index contributed by atoms with van der Waals surface area (Å²) in [6, 6.07) is 0. The van der Waals surface area contributed by atoms with Gasteiger partial charge in [-0.2, -0.15) is 8.42 Å². The lowest BCUT2D eigenvalue weighted by molar-refractivity contribution is 0.490. The fourth-order valence-corrected chi connectivity index (χ4v) is 0.215. The number of hydrogen-bond donors (Lipinski definition) is 2. The van der Waals surface area contributed by atoms with Crippen LogP contribution in [0.1, 0.15) is 0 Å². The van der Waals surface area contributed by atoms with Gasteiger partial charge in [0.25, 0.3) is 10.1 Å². The van der Waals surface area contributed by atoms with E-state index in [0.717, 1.165) is 0 Å². The standard InChI is InChI=1S/C3H4N2.CH4O3S/c1-2-5-3-4-1;1-5(2,3)4/h1-3H,(H,4,5);1H3,(H,2,3,4). The minimum atomic E-state index is -3.67. The molecule has 1 aromatic rings. The van der Waals surface area contributed by atoms with Crippen LogP contribution in [0.3, 0.4) is 0 Å². The Labute approximate surface area is 58.9 Å². The van der Waals surface area contributed by atoms with Crippen molar-refractivity contribution in [1.82, 2.24) is 9.97 Å². The lowest BCUT2D eigenvalue weighted by atomic mass is 11.0. The summed E-state index contributed by atoms with van der Waals surface area (Å²) in [5.74, 6) is 0. The first-order valence-corrected chi connectivity index (χ1v) is 4.20. The highest BCUT2D eigenvalue weighted by Gasteiger charge is 1.81. The van der Waals surface area contributed by atoms with Gasteiger partial charge in [-0.25, -0.2) is 4.98 Å². The van der Waals surface area contributed by atoms with Crippen molar-refractivity contribution in [2.75, 3.05) is 6.26 Å². The first kappa shape index (κ1) is 9.12. The van der Waals surface area contributed by atoms with Gasteiger partial charge in [-0.1, -0.05) is 0 Å². The first-order valence-electron chi connectivity index (χ1n) is 2.35. The van der Waals surface area contributed by atoms with E-state index in [4.69, 9.17) is 4.55 Å². The van der Waals surface area contributed by atoms with Gasteiger partial charge < -0.3 is 4.98 Å². The normalized spacial score (nSPS) is 9.80. The molecule has 10 heavy (non-hydrogen) atoms. The minimum absolute atomic E-state index is 0.715. The van der Waals surface area contributed by atoms with Gasteiger partial charge in [0.05, 0.1) is 12.6 Å². The fraction of sp³-hybridized carbons (Fsp3) is 0.250. The van der Waals surface area contributed by atoms with Gasteiger partial charge in [0.1, 0.15) is 0 Å². The van der Waals surface area contributed by atoms with Crippen molar-refractivity contribution in [2.45, 2.75) is 0 Å². The molecule has 0 fully saturated rings. The third kappa shape index (κ3) is 15.7. The van der Waals surface area contributed by atoms with E-state index in [0.29, 0.717) is 6.26 Å². The molecule has 2 N–H and O–H groups in total. The SMILES string of the molecule is CS(=O)(=O)O.c1c[nH]cn1. The van der Waals surface area contributed by atoms with Crippen molar-refractivity contribution in [3.63, 3.8) is 0 Å². The van der Waals surface area contributed by atoms with Crippen molar-refractivity contribution in [3.05, 3.63) is 18.7 Å². The van der Waals surface area contributed by atoms with E-state index in [2.05, 4.69) is 9.97 Å². The van der Waals surface area contributed by atoms with Crippen molar-refractivity contribution >= 4 is 10.1 Å². The largest absolute Gasteiger partial charge is 0.351 e. The molecule has 0 radical (unpaired) electrons. The van der Waals surface area contributed by atoms with Crippen LogP contribution < -0.4 is 0 Å². The van der Waals surface area contributed by atoms with Gasteiger partial charge in [-0.05, 0) is 0 Å². The van der Waals surface area contributed by atoms with Gasteiger partial charge in [-0.15, -0.1) is 0 Å². The molecule has 0 aliphatic carbocycles. The van der Waals surface area contributed by atoms with Crippen LogP contribution in [-0.2, 0) is 10.1 Å². The van der Waals surface area contributed by atoms with Gasteiger partial charge >= 0.3 is 0 Å². The van der Waals surface area contributed by atoms with Crippen molar-refractivity contribution < 1.29 is 13.0 Å². The fourth-order valence-electron chi connectivity index (χ4n) is 0.215. The maximum atomic E-state index is 9.19. The number of aromatic amines is 1. The van der Waals surface area contributed by atoms with Gasteiger partial charge in [0.15, 0.2) is 0 Å². The molecule has 1 rings (SSSR count). The second-order valence-electron chi connectivity index (χ2n) is 1.49. The average molecular weight is 164 g/mol. The van der Waals surface area contributed by atoms with E-state index < -0.39 is 10.1 Å². The molecule has 0 aromatic carbocycles. The zero-order valence-corrected chi connectivity index (χ0v) is 6.17. The van der Waals surface area contributed by atoms with Crippen LogP contribution in [0.15, 0.2) is 18.7 Å². The molecule has 0 bridgehead atoms. The number of imidazole rings is 1. The Morgan fingerprint density at radius 1 is 1.60 bits per heavy atom. The molecule has 0 amide bonds. The second-order valence-corrected chi connectivity index (χ2v) is 2.96. The summed E-state index contributed by atoms with van der Waals surface area (Å²) in [6.45, 7) is 0. The van der Waals surface area contributed by atoms with Crippen LogP contribution in [-0.4, -0.2) is 29.2 Å². The lowest BCUT2D eigenvalue weighted by Gasteiger charge is -1.69. The molecule has 1 heterocycles. The third-order valence-electron chi connectivity index (χ3n) is 0.406. The van der Waals surface area contributed by atoms with E-state index in [-0.39, 0.29) is 0 Å². The molecule has 0 atom stereocenters. The molecule has 6 heteroatoms. The number of H-pyrrole nitrogens is 1. The molecule has 0 aliphatic rings. The smallest absolute Gasteiger partial charge is 0.261 e. The monoisotopic (exact) mass is 164 g/mol. The van der Waals surface area contributed by atoms with Crippen LogP contribution in [0, 0.1) is 0 Å². The van der Waals surface area contributed by atoms with E-state index in [1.54, 1.807) is 18.7 Å². The summed E-state index contributed by atoms with van der Waals surface area (Å²) < 4.78 is 25.9. The Morgan fingerprint density at radius 3 is 2.20 bits per heavy atom. The van der Waals surface area contributed by atoms with E-state index in [1.807, 2.05) is 0 Å². The number of nitrogens with one attached hydrogen (secondary N) is 1. The topological polar surface area (TPSA) is 83.0 Å². The van der Waals surface area contributed by atoms with E-state index >= 15 is 0 Å². The van der Waals surface area contributed by atoms with Crippen LogP contribution in [0.5, 0.6) is 0 Å². The first-order chi connectivity index (χ1) is 4.50. The predicted octanol–water partition coefficient (Wildman–Crippen LogP) is -0.0863. The van der Waals surface area contributed by atoms with Crippen molar-refractivity contribution in [2.24, 2.45) is 0 Å². The van der Waals surface area contributed by atoms with E-state index in [1.165, 1.54) is 0 Å². The summed E-state index contributed by atoms with van der Waals surface area (Å²) in [5, 5.41) is 0. The van der Waals surface area contributed by atoms with Gasteiger partial charge in [0, 0.05) is 12.4 Å². The summed E-state index contributed by atoms with van der Waals surface area (Å²) in [4.78, 5) is 6.42. The Kier molecular flexibility index (Phi) is 3.67. The molecular formula is C4H8N2O3S. The Bertz CT molecular complexity index is 214. The maximum absolute atomic E-state index is 9.19. The number of nitrogens with zero attached hydrogens (tertiary/aromatic N) is 1. The Hall–Kier alpha value is -0.880. The molecule has 0 aliphatic heterocycles. The van der Waals surface area contributed by atoms with E-state index in [9.17, 15) is 8.42 Å². The Balaban J connectivity index is 0.000000162. The molecule has 0 spiro atoms. The Morgan fingerprint density at radius 2 is 2.10 bits per heavy atom. The molecule has 5 nitrogen and oxygen atoms in total. The highest BCUT2D eigenvalue weighted by Crippen LogP contribution is 1.62. The number of aromatic nitrogens is 2. The quantitative estimate of drug-likeness (QED) is 0.525. The lowest BCUT2D eigenvalue weighted by Crippen LogP contribution is -1.88. The highest BCUT2D eigenvalue weighted by molar-refractivity contribution is 7.85. The highest BCUT2D eigenvalue weighted by atomic mass is 32.2. The van der Waals surface area contributed by atoms with Crippen LogP contribution >= 0.6 is 0 Å². The molecule has 1 aromatic heterocycles. The molecule has 0 unspecified atom stereocenters. The van der Waals surface area contributed by atoms with Crippen LogP contribution in [0.4, 0.5) is 0 Å². The molecule has 0 saturated carbocycles. The summed E-state index contributed by atoms with van der Waals surface area (Å²) in [5.41, 5.74) is 0. The number of rotatable bonds is 0. The third-order valence-corrected chi connectivity index (χ3v) is 0.406. The summed E-state index contributed by atoms with van der Waals surface area (Å²) in [6.07, 6.45) is 5.80. The van der Waals surface area contributed by atoms with Crippen LogP contribution in [0.25, 0.3) is 0 Å². The zero-order valence-electron chi connectivity index (χ0n) is 5.35. The minimum Gasteiger partial charge on any atom is -0.351 e. The second kappa shape index (κ2) is 4.02. The molecular weight excluding hydrogens is 156 g/mol. The number of hydrogen-bond acceptors (Lipinski definition) is 3. The van der Waals surface area contributed by atoms with Gasteiger partial charge in [0.2, 0.25) is 0 Å². The van der Waals surface area contributed by atoms with Crippen LogP contribution in [0.2, 0.25) is 0 Å². The molecule has 58 valence electrons. The maximum Gasteiger partial charge on any atom is 0.261 e. The van der Waals surface area contributed by atoms with Crippen molar-refractivity contribution in [3.8, 4) is 0 Å². The van der Waals surface area contributed by atoms with Gasteiger partial charge in [-0.3, -0.25) is 4.55 Å².